The van der Waals surface area contributed by atoms with Crippen molar-refractivity contribution in [3.8, 4) is 0 Å². The third-order valence-corrected chi connectivity index (χ3v) is 5.23. The number of fused-ring (bicyclic) bond motifs is 1. The number of amides is 3. The number of nitrogens with zero attached hydrogens (tertiary/aromatic N) is 2. The Morgan fingerprint density at radius 1 is 1.08 bits per heavy atom. The largest absolute Gasteiger partial charge is 0.467 e. The molecule has 1 atom stereocenters. The minimum Gasteiger partial charge on any atom is -0.467 e. The van der Waals surface area contributed by atoms with Gasteiger partial charge in [0, 0.05) is 19.6 Å². The lowest BCUT2D eigenvalue weighted by atomic mass is 10.0. The molecule has 1 aromatic carbocycles. The van der Waals surface area contributed by atoms with Gasteiger partial charge in [0.2, 0.25) is 5.91 Å². The van der Waals surface area contributed by atoms with E-state index < -0.39 is 29.8 Å². The molecule has 10 nitrogen and oxygen atoms in total. The summed E-state index contributed by atoms with van der Waals surface area (Å²) in [4.78, 5) is 48.5. The molecule has 1 saturated heterocycles. The number of carbonyl (C=O) groups excluding carboxylic acids is 3. The van der Waals surface area contributed by atoms with Crippen molar-refractivity contribution in [1.82, 2.24) is 15.1 Å². The van der Waals surface area contributed by atoms with E-state index >= 15 is 0 Å². The van der Waals surface area contributed by atoms with Crippen LogP contribution in [0.15, 0.2) is 24.3 Å². The topological polar surface area (TPSA) is 125 Å². The molecule has 3 amide bonds. The Morgan fingerprint density at radius 2 is 1.68 bits per heavy atom. The third-order valence-electron chi connectivity index (χ3n) is 5.23. The number of benzene rings is 1. The number of hydrogen-bond donors (Lipinski definition) is 2. The molecule has 2 N–H and O–H groups in total. The number of ether oxygens (including phenoxy) is 2. The molecule has 0 spiro atoms. The number of esters is 1. The van der Waals surface area contributed by atoms with Gasteiger partial charge in [-0.05, 0) is 57.1 Å². The molecule has 37 heavy (non-hydrogen) atoms. The average molecular weight is 522 g/mol. The van der Waals surface area contributed by atoms with Gasteiger partial charge in [0.1, 0.15) is 18.2 Å². The van der Waals surface area contributed by atoms with E-state index in [-0.39, 0.29) is 12.5 Å². The van der Waals surface area contributed by atoms with Crippen LogP contribution >= 0.6 is 0 Å². The Labute approximate surface area is 220 Å². The minimum absolute atomic E-state index is 0.192. The maximum absolute atomic E-state index is 12.0. The van der Waals surface area contributed by atoms with E-state index in [1.807, 2.05) is 18.2 Å². The van der Waals surface area contributed by atoms with E-state index in [0.29, 0.717) is 26.1 Å². The summed E-state index contributed by atoms with van der Waals surface area (Å²) < 4.78 is 9.69. The quantitative estimate of drug-likeness (QED) is 0.575. The number of carboxylic acid groups (broad SMARTS) is 1. The smallest absolute Gasteiger partial charge is 0.408 e. The first-order valence-corrected chi connectivity index (χ1v) is 12.6. The fourth-order valence-electron chi connectivity index (χ4n) is 3.67. The number of rotatable bonds is 3. The van der Waals surface area contributed by atoms with Gasteiger partial charge in [0.15, 0.2) is 0 Å². The summed E-state index contributed by atoms with van der Waals surface area (Å²) in [6, 6.07) is 7.45. The van der Waals surface area contributed by atoms with Crippen LogP contribution in [0.5, 0.6) is 0 Å². The molecule has 0 bridgehead atoms. The molecule has 0 aliphatic carbocycles. The summed E-state index contributed by atoms with van der Waals surface area (Å²) in [6.45, 7) is 13.2. The Bertz CT molecular complexity index is 909. The molecule has 0 aromatic heterocycles. The van der Waals surface area contributed by atoms with E-state index in [1.165, 1.54) is 22.5 Å². The molecular weight excluding hydrogens is 478 g/mol. The molecule has 2 aliphatic heterocycles. The first-order chi connectivity index (χ1) is 17.2. The van der Waals surface area contributed by atoms with Crippen LogP contribution in [0.1, 0.15) is 65.5 Å². The van der Waals surface area contributed by atoms with E-state index in [9.17, 15) is 19.2 Å². The molecule has 2 heterocycles. The van der Waals surface area contributed by atoms with Crippen LogP contribution in [-0.2, 0) is 32.0 Å². The number of nitrogens with one attached hydrogen (secondary N) is 1. The van der Waals surface area contributed by atoms with Crippen molar-refractivity contribution in [3.63, 3.8) is 0 Å². The summed E-state index contributed by atoms with van der Waals surface area (Å²) in [5.41, 5.74) is 1.80. The van der Waals surface area contributed by atoms with E-state index in [1.54, 1.807) is 20.8 Å². The van der Waals surface area contributed by atoms with Crippen LogP contribution in [0.3, 0.4) is 0 Å². The average Bonchev–Trinajstić information content (AvgIpc) is 3.31. The molecule has 208 valence electrons. The predicted octanol–water partition coefficient (Wildman–Crippen LogP) is 4.06. The Hall–Kier alpha value is -3.30. The summed E-state index contributed by atoms with van der Waals surface area (Å²) >= 11 is 0. The molecule has 2 aliphatic rings. The van der Waals surface area contributed by atoms with Crippen molar-refractivity contribution in [2.45, 2.75) is 79.0 Å². The monoisotopic (exact) mass is 521 g/mol. The Kier molecular flexibility index (Phi) is 12.9. The predicted molar refractivity (Wildman–Crippen MR) is 140 cm³/mol. The van der Waals surface area contributed by atoms with E-state index in [2.05, 4.69) is 36.9 Å². The van der Waals surface area contributed by atoms with Gasteiger partial charge in [0.05, 0.1) is 7.11 Å². The van der Waals surface area contributed by atoms with E-state index in [0.717, 1.165) is 24.3 Å². The molecule has 1 fully saturated rings. The summed E-state index contributed by atoms with van der Waals surface area (Å²) in [6.07, 6.45) is 0.694. The highest BCUT2D eigenvalue weighted by molar-refractivity contribution is 5.87. The normalized spacial score (nSPS) is 16.4. The maximum Gasteiger partial charge on any atom is 0.408 e. The molecule has 0 saturated carbocycles. The zero-order valence-electron chi connectivity index (χ0n) is 23.2. The molecule has 1 aromatic rings. The minimum atomic E-state index is -0.825. The van der Waals surface area contributed by atoms with Crippen LogP contribution in [0.25, 0.3) is 0 Å². The van der Waals surface area contributed by atoms with Crippen LogP contribution in [0.4, 0.5) is 9.59 Å². The number of hydrogen-bond acceptors (Lipinski definition) is 6. The maximum atomic E-state index is 12.0. The molecule has 1 unspecified atom stereocenters. The van der Waals surface area contributed by atoms with Gasteiger partial charge < -0.3 is 29.7 Å². The number of carbonyl (C=O) groups is 4. The second-order valence-corrected chi connectivity index (χ2v) is 10.6. The van der Waals surface area contributed by atoms with Gasteiger partial charge in [-0.1, -0.05) is 45.0 Å². The van der Waals surface area contributed by atoms with Gasteiger partial charge in [-0.15, -0.1) is 0 Å². The summed E-state index contributed by atoms with van der Waals surface area (Å²) in [5.74, 6) is 0.0943. The van der Waals surface area contributed by atoms with Gasteiger partial charge >= 0.3 is 18.2 Å². The first-order valence-electron chi connectivity index (χ1n) is 12.6. The van der Waals surface area contributed by atoms with Crippen molar-refractivity contribution < 1.29 is 33.8 Å². The number of likely N-dealkylation sites (tertiary alicyclic amines) is 1. The Morgan fingerprint density at radius 3 is 2.22 bits per heavy atom. The van der Waals surface area contributed by atoms with Crippen LogP contribution in [0, 0.1) is 5.92 Å². The lowest BCUT2D eigenvalue weighted by molar-refractivity contribution is -0.150. The number of alkyl carbamates (subject to hydrolysis) is 1. The highest BCUT2D eigenvalue weighted by Crippen LogP contribution is 2.19. The van der Waals surface area contributed by atoms with Crippen molar-refractivity contribution in [1.29, 1.82) is 0 Å². The summed E-state index contributed by atoms with van der Waals surface area (Å²) in [7, 11) is 1.29. The molecular formula is C27H43N3O7. The van der Waals surface area contributed by atoms with Crippen molar-refractivity contribution in [2.75, 3.05) is 26.7 Å². The Balaban J connectivity index is 0.000000342. The van der Waals surface area contributed by atoms with Crippen LogP contribution in [-0.4, -0.2) is 77.4 Å². The van der Waals surface area contributed by atoms with Gasteiger partial charge in [-0.3, -0.25) is 4.79 Å². The van der Waals surface area contributed by atoms with Crippen molar-refractivity contribution in [2.24, 2.45) is 5.92 Å². The van der Waals surface area contributed by atoms with Crippen LogP contribution < -0.4 is 5.32 Å². The standard InChI is InChI=1S/C13H22N2O5.C10H11NO2.C4H10/c1-13(2,3)20-12(18)14-8-10(16)15-7-5-6-9(15)11(17)19-4;12-10(13)11-6-5-8-3-1-2-4-9(8)7-11;1-4(2)3/h9H,5-8H2,1-4H3,(H,14,18);1-4H,5-7H2,(H,12,13);4H,1-3H3. The number of methoxy groups -OCH3 is 1. The fourth-order valence-corrected chi connectivity index (χ4v) is 3.67. The SMILES string of the molecule is CC(C)C.COC(=O)C1CCCN1C(=O)CNC(=O)OC(C)(C)C.O=C(O)N1CCc2ccccc2C1. The summed E-state index contributed by atoms with van der Waals surface area (Å²) in [5, 5.41) is 11.2. The van der Waals surface area contributed by atoms with E-state index in [4.69, 9.17) is 9.84 Å². The lowest BCUT2D eigenvalue weighted by Gasteiger charge is -2.26. The highest BCUT2D eigenvalue weighted by atomic mass is 16.6. The van der Waals surface area contributed by atoms with Crippen LogP contribution in [0.2, 0.25) is 0 Å². The van der Waals surface area contributed by atoms with Gasteiger partial charge in [0.25, 0.3) is 0 Å². The van der Waals surface area contributed by atoms with Crippen molar-refractivity contribution in [3.05, 3.63) is 35.4 Å². The van der Waals surface area contributed by atoms with Gasteiger partial charge in [-0.2, -0.15) is 0 Å². The van der Waals surface area contributed by atoms with Gasteiger partial charge in [-0.25, -0.2) is 14.4 Å². The zero-order chi connectivity index (χ0) is 28.2. The molecule has 3 rings (SSSR count). The zero-order valence-corrected chi connectivity index (χ0v) is 23.2. The second-order valence-electron chi connectivity index (χ2n) is 10.6. The lowest BCUT2D eigenvalue weighted by Crippen LogP contribution is -2.46. The fraction of sp³-hybridized carbons (Fsp3) is 0.630. The second kappa shape index (κ2) is 15.1. The highest BCUT2D eigenvalue weighted by Gasteiger charge is 2.34. The third kappa shape index (κ3) is 12.0. The molecule has 0 radical (unpaired) electrons. The molecule has 10 heteroatoms. The first kappa shape index (κ1) is 31.7. The van der Waals surface area contributed by atoms with Crippen molar-refractivity contribution >= 4 is 24.1 Å².